The summed E-state index contributed by atoms with van der Waals surface area (Å²) in [5, 5.41) is 7.85. The number of fused-ring (bicyclic) bond motifs is 1. The summed E-state index contributed by atoms with van der Waals surface area (Å²) in [7, 11) is 0. The molecule has 2 aliphatic rings. The van der Waals surface area contributed by atoms with E-state index in [0.717, 1.165) is 47.3 Å². The number of rotatable bonds is 2. The van der Waals surface area contributed by atoms with E-state index >= 15 is 0 Å². The minimum absolute atomic E-state index is 0.0746. The molecule has 9 heteroatoms. The molecule has 2 aliphatic heterocycles. The fraction of sp³-hybridized carbons (Fsp3) is 0.417. The molecule has 0 saturated carbocycles. The van der Waals surface area contributed by atoms with Crippen LogP contribution in [0.1, 0.15) is 41.4 Å². The van der Waals surface area contributed by atoms with Crippen molar-refractivity contribution in [2.45, 2.75) is 33.1 Å². The lowest BCUT2D eigenvalue weighted by molar-refractivity contribution is -0.114. The van der Waals surface area contributed by atoms with Gasteiger partial charge >= 0.3 is 6.03 Å². The van der Waals surface area contributed by atoms with Crippen LogP contribution < -0.4 is 5.32 Å². The van der Waals surface area contributed by atoms with E-state index in [1.54, 1.807) is 28.5 Å². The van der Waals surface area contributed by atoms with Crippen LogP contribution in [-0.2, 0) is 4.79 Å². The number of hydrogen-bond acceptors (Lipinski definition) is 5. The molecule has 4 heterocycles. The van der Waals surface area contributed by atoms with Crippen LogP contribution in [0.3, 0.4) is 0 Å². The Morgan fingerprint density at radius 1 is 1.03 bits per heavy atom. The third-order valence-corrected chi connectivity index (χ3v) is 7.88. The Hall–Kier alpha value is -3.20. The van der Waals surface area contributed by atoms with Gasteiger partial charge in [-0.3, -0.25) is 9.59 Å². The van der Waals surface area contributed by atoms with Crippen LogP contribution >= 0.6 is 11.3 Å². The fourth-order valence-corrected chi connectivity index (χ4v) is 6.04. The first-order chi connectivity index (χ1) is 15.8. The second kappa shape index (κ2) is 8.30. The molecule has 2 aromatic heterocycles. The molecule has 0 atom stereocenters. The molecule has 172 valence electrons. The summed E-state index contributed by atoms with van der Waals surface area (Å²) in [5.41, 5.74) is 1.27. The quantitative estimate of drug-likeness (QED) is 0.621. The minimum Gasteiger partial charge on any atom is -0.337 e. The fourth-order valence-electron chi connectivity index (χ4n) is 4.91. The Labute approximate surface area is 196 Å². The second-order valence-corrected chi connectivity index (χ2v) is 10.3. The lowest BCUT2D eigenvalue weighted by Crippen LogP contribution is -2.46. The maximum absolute atomic E-state index is 13.2. The first-order valence-corrected chi connectivity index (χ1v) is 12.1. The first-order valence-electron chi connectivity index (χ1n) is 11.2. The van der Waals surface area contributed by atoms with E-state index < -0.39 is 0 Å². The normalized spacial score (nSPS) is 17.6. The minimum atomic E-state index is -0.223. The number of carbonyl (C=O) groups is 3. The van der Waals surface area contributed by atoms with Gasteiger partial charge in [-0.05, 0) is 54.7 Å². The van der Waals surface area contributed by atoms with Crippen molar-refractivity contribution >= 4 is 45.1 Å². The van der Waals surface area contributed by atoms with Gasteiger partial charge in [0.15, 0.2) is 5.82 Å². The third kappa shape index (κ3) is 4.25. The predicted molar refractivity (Wildman–Crippen MR) is 128 cm³/mol. The zero-order valence-electron chi connectivity index (χ0n) is 18.8. The average molecular weight is 466 g/mol. The number of hydrogen-bond donors (Lipinski definition) is 1. The summed E-state index contributed by atoms with van der Waals surface area (Å²) >= 11 is 1.57. The summed E-state index contributed by atoms with van der Waals surface area (Å²) in [6.45, 7) is 6.25. The summed E-state index contributed by atoms with van der Waals surface area (Å²) in [5.74, 6) is 0.260. The molecule has 0 aliphatic carbocycles. The second-order valence-electron chi connectivity index (χ2n) is 9.22. The predicted octanol–water partition coefficient (Wildman–Crippen LogP) is 3.96. The molecule has 1 spiro atoms. The van der Waals surface area contributed by atoms with Gasteiger partial charge in [0.1, 0.15) is 0 Å². The largest absolute Gasteiger partial charge is 0.344 e. The molecule has 2 saturated heterocycles. The highest BCUT2D eigenvalue weighted by molar-refractivity contribution is 7.20. The number of carbonyl (C=O) groups excluding carboxylic acids is 3. The van der Waals surface area contributed by atoms with Crippen molar-refractivity contribution in [3.63, 3.8) is 0 Å². The van der Waals surface area contributed by atoms with Crippen LogP contribution in [0.5, 0.6) is 0 Å². The zero-order chi connectivity index (χ0) is 23.2. The molecule has 0 radical (unpaired) electrons. The average Bonchev–Trinajstić information content (AvgIpc) is 3.51. The Balaban J connectivity index is 1.20. The van der Waals surface area contributed by atoms with Crippen molar-refractivity contribution < 1.29 is 14.4 Å². The van der Waals surface area contributed by atoms with Gasteiger partial charge in [0.2, 0.25) is 5.91 Å². The number of nitrogens with one attached hydrogen (secondary N) is 1. The van der Waals surface area contributed by atoms with E-state index in [4.69, 9.17) is 0 Å². The molecule has 1 N–H and O–H groups in total. The molecular formula is C24H27N5O3S. The number of benzene rings is 1. The zero-order valence-corrected chi connectivity index (χ0v) is 19.7. The van der Waals surface area contributed by atoms with E-state index in [0.29, 0.717) is 18.9 Å². The summed E-state index contributed by atoms with van der Waals surface area (Å²) < 4.78 is 2.43. The molecule has 3 aromatic rings. The smallest absolute Gasteiger partial charge is 0.337 e. The molecule has 0 bridgehead atoms. The van der Waals surface area contributed by atoms with E-state index in [1.165, 1.54) is 17.2 Å². The van der Waals surface area contributed by atoms with Gasteiger partial charge < -0.3 is 15.1 Å². The highest BCUT2D eigenvalue weighted by atomic mass is 32.1. The lowest BCUT2D eigenvalue weighted by atomic mass is 9.78. The molecule has 33 heavy (non-hydrogen) atoms. The van der Waals surface area contributed by atoms with Gasteiger partial charge in [0.05, 0.1) is 4.88 Å². The first kappa shape index (κ1) is 21.6. The highest BCUT2D eigenvalue weighted by Gasteiger charge is 2.43. The topological polar surface area (TPSA) is 87.5 Å². The third-order valence-electron chi connectivity index (χ3n) is 6.80. The number of likely N-dealkylation sites (tertiary alicyclic amines) is 2. The number of thiophene rings is 1. The molecule has 0 unspecified atom stereocenters. The van der Waals surface area contributed by atoms with Gasteiger partial charge in [0, 0.05) is 50.1 Å². The number of nitrogens with zero attached hydrogens (tertiary/aromatic N) is 4. The van der Waals surface area contributed by atoms with Crippen molar-refractivity contribution in [2.24, 2.45) is 5.41 Å². The van der Waals surface area contributed by atoms with Gasteiger partial charge in [-0.25, -0.2) is 4.79 Å². The van der Waals surface area contributed by atoms with Crippen LogP contribution in [0, 0.1) is 12.3 Å². The molecule has 2 fully saturated rings. The van der Waals surface area contributed by atoms with Gasteiger partial charge in [-0.2, -0.15) is 4.68 Å². The number of piperidine rings is 1. The summed E-state index contributed by atoms with van der Waals surface area (Å²) in [6, 6.07) is 9.72. The van der Waals surface area contributed by atoms with Crippen molar-refractivity contribution in [3.8, 4) is 0 Å². The Morgan fingerprint density at radius 3 is 2.48 bits per heavy atom. The van der Waals surface area contributed by atoms with Crippen LogP contribution in [0.4, 0.5) is 10.6 Å². The lowest BCUT2D eigenvalue weighted by Gasteiger charge is -2.38. The van der Waals surface area contributed by atoms with Crippen LogP contribution in [0.25, 0.3) is 10.1 Å². The van der Waals surface area contributed by atoms with E-state index in [1.807, 2.05) is 11.0 Å². The van der Waals surface area contributed by atoms with Crippen molar-refractivity contribution in [3.05, 3.63) is 47.0 Å². The van der Waals surface area contributed by atoms with Gasteiger partial charge in [0.25, 0.3) is 5.91 Å². The number of amides is 3. The Kier molecular flexibility index (Phi) is 5.44. The molecule has 3 amide bonds. The molecule has 1 aromatic carbocycles. The SMILES string of the molecule is CC(=O)Nc1ccn(C(=O)N2CCC3(CCN(C(=O)c4cc5ccc(C)cc5s4)C3)CC2)n1. The number of aryl methyl sites for hydroxylation is 1. The van der Waals surface area contributed by atoms with Gasteiger partial charge in [-0.15, -0.1) is 16.4 Å². The number of aromatic nitrogens is 2. The van der Waals surface area contributed by atoms with E-state index in [-0.39, 0.29) is 23.3 Å². The van der Waals surface area contributed by atoms with Crippen molar-refractivity contribution in [2.75, 3.05) is 31.5 Å². The van der Waals surface area contributed by atoms with Crippen LogP contribution in [-0.4, -0.2) is 63.6 Å². The standard InChI is InChI=1S/C24H27N5O3S/c1-16-3-4-18-14-20(33-19(18)13-16)22(31)28-12-8-24(15-28)6-10-27(11-7-24)23(32)29-9-5-21(26-29)25-17(2)30/h3-5,9,13-14H,6-8,10-12,15H2,1-2H3,(H,25,26,30). The monoisotopic (exact) mass is 465 g/mol. The van der Waals surface area contributed by atoms with E-state index in [9.17, 15) is 14.4 Å². The maximum Gasteiger partial charge on any atom is 0.344 e. The number of anilines is 1. The Bertz CT molecular complexity index is 1240. The molecule has 5 rings (SSSR count). The molecule has 8 nitrogen and oxygen atoms in total. The van der Waals surface area contributed by atoms with Crippen LogP contribution in [0.15, 0.2) is 36.5 Å². The Morgan fingerprint density at radius 2 is 1.76 bits per heavy atom. The van der Waals surface area contributed by atoms with Gasteiger partial charge in [-0.1, -0.05) is 12.1 Å². The molecular weight excluding hydrogens is 438 g/mol. The summed E-state index contributed by atoms with van der Waals surface area (Å²) in [4.78, 5) is 41.8. The van der Waals surface area contributed by atoms with Crippen LogP contribution in [0.2, 0.25) is 0 Å². The van der Waals surface area contributed by atoms with Crippen molar-refractivity contribution in [1.29, 1.82) is 0 Å². The summed E-state index contributed by atoms with van der Waals surface area (Å²) in [6.07, 6.45) is 4.28. The van der Waals surface area contributed by atoms with Crippen molar-refractivity contribution in [1.82, 2.24) is 19.6 Å². The highest BCUT2D eigenvalue weighted by Crippen LogP contribution is 2.41. The van der Waals surface area contributed by atoms with E-state index in [2.05, 4.69) is 35.5 Å². The maximum atomic E-state index is 13.2.